The maximum absolute atomic E-state index is 12.5. The second-order valence-electron chi connectivity index (χ2n) is 6.76. The van der Waals surface area contributed by atoms with Crippen molar-refractivity contribution in [3.8, 4) is 0 Å². The number of hydrogen-bond donors (Lipinski definition) is 0. The molecule has 3 saturated carbocycles. The van der Waals surface area contributed by atoms with Crippen LogP contribution in [0.25, 0.3) is 0 Å². The molecule has 3 aliphatic rings. The van der Waals surface area contributed by atoms with E-state index in [0.717, 1.165) is 41.5 Å². The average molecular weight is 258 g/mol. The fraction of sp³-hybridized carbons (Fsp3) is 0.750. The first kappa shape index (κ1) is 11.7. The van der Waals surface area contributed by atoms with Gasteiger partial charge in [-0.3, -0.25) is 9.48 Å². The first-order valence-electron chi connectivity index (χ1n) is 7.73. The van der Waals surface area contributed by atoms with Crippen LogP contribution in [0.1, 0.15) is 37.6 Å². The van der Waals surface area contributed by atoms with Crippen molar-refractivity contribution in [3.63, 3.8) is 0 Å². The average Bonchev–Trinajstić information content (AvgIpc) is 2.71. The van der Waals surface area contributed by atoms with Crippen LogP contribution in [0.5, 0.6) is 0 Å². The van der Waals surface area contributed by atoms with Gasteiger partial charge in [-0.2, -0.15) is 5.10 Å². The van der Waals surface area contributed by atoms with E-state index in [1.54, 1.807) is 0 Å². The largest absolute Gasteiger partial charge is 0.299 e. The Morgan fingerprint density at radius 3 is 2.63 bits per heavy atom. The molecule has 4 atom stereocenters. The lowest BCUT2D eigenvalue weighted by Crippen LogP contribution is -2.14. The number of aromatic nitrogens is 2. The lowest BCUT2D eigenvalue weighted by molar-refractivity contribution is -0.120. The third kappa shape index (κ3) is 1.63. The Hall–Kier alpha value is -1.12. The summed E-state index contributed by atoms with van der Waals surface area (Å²) in [5.74, 6) is 4.21. The van der Waals surface area contributed by atoms with Gasteiger partial charge in [0.2, 0.25) is 0 Å². The van der Waals surface area contributed by atoms with Crippen LogP contribution in [0, 0.1) is 29.6 Å². The summed E-state index contributed by atoms with van der Waals surface area (Å²) in [7, 11) is 1.96. The van der Waals surface area contributed by atoms with Crippen LogP contribution >= 0.6 is 0 Å². The normalized spacial score (nSPS) is 38.5. The molecule has 2 bridgehead atoms. The number of nitrogens with zero attached hydrogens (tertiary/aromatic N) is 2. The Bertz CT molecular complexity index is 517. The van der Waals surface area contributed by atoms with E-state index in [0.29, 0.717) is 18.1 Å². The van der Waals surface area contributed by atoms with Crippen molar-refractivity contribution in [1.29, 1.82) is 0 Å². The molecule has 3 heteroatoms. The highest BCUT2D eigenvalue weighted by atomic mass is 16.1. The Balaban J connectivity index is 1.46. The van der Waals surface area contributed by atoms with Gasteiger partial charge in [-0.15, -0.1) is 0 Å². The number of rotatable bonds is 4. The molecule has 3 nitrogen and oxygen atoms in total. The minimum atomic E-state index is 0.409. The Kier molecular flexibility index (Phi) is 2.42. The zero-order valence-corrected chi connectivity index (χ0v) is 11.8. The van der Waals surface area contributed by atoms with Gasteiger partial charge in [0.15, 0.2) is 0 Å². The molecule has 0 saturated heterocycles. The Morgan fingerprint density at radius 2 is 2.05 bits per heavy atom. The minimum absolute atomic E-state index is 0.409. The van der Waals surface area contributed by atoms with Crippen LogP contribution in [0.3, 0.4) is 0 Å². The molecule has 0 radical (unpaired) electrons. The molecule has 102 valence electrons. The van der Waals surface area contributed by atoms with Crippen molar-refractivity contribution >= 4 is 5.78 Å². The quantitative estimate of drug-likeness (QED) is 0.831. The second-order valence-corrected chi connectivity index (χ2v) is 6.76. The van der Waals surface area contributed by atoms with Gasteiger partial charge in [0.05, 0.1) is 5.69 Å². The summed E-state index contributed by atoms with van der Waals surface area (Å²) in [6, 6.07) is 2.10. The summed E-state index contributed by atoms with van der Waals surface area (Å²) in [4.78, 5) is 12.5. The second kappa shape index (κ2) is 3.94. The lowest BCUT2D eigenvalue weighted by Gasteiger charge is -2.07. The molecular formula is C16H22N2O. The van der Waals surface area contributed by atoms with Gasteiger partial charge in [-0.1, -0.05) is 6.92 Å². The van der Waals surface area contributed by atoms with Gasteiger partial charge in [0, 0.05) is 25.1 Å². The summed E-state index contributed by atoms with van der Waals surface area (Å²) in [6.45, 7) is 2.11. The van der Waals surface area contributed by atoms with Gasteiger partial charge >= 0.3 is 0 Å². The molecule has 4 rings (SSSR count). The van der Waals surface area contributed by atoms with Crippen molar-refractivity contribution in [1.82, 2.24) is 9.78 Å². The summed E-state index contributed by atoms with van der Waals surface area (Å²) in [5, 5.41) is 4.44. The van der Waals surface area contributed by atoms with E-state index >= 15 is 0 Å². The number of carbonyl (C=O) groups excluding carboxylic acids is 1. The molecule has 4 unspecified atom stereocenters. The van der Waals surface area contributed by atoms with Crippen LogP contribution in [-0.2, 0) is 24.7 Å². The molecule has 0 aromatic carbocycles. The smallest absolute Gasteiger partial charge is 0.142 e. The van der Waals surface area contributed by atoms with E-state index < -0.39 is 0 Å². The van der Waals surface area contributed by atoms with E-state index in [-0.39, 0.29) is 0 Å². The highest BCUT2D eigenvalue weighted by Gasteiger charge is 2.66. The summed E-state index contributed by atoms with van der Waals surface area (Å²) in [5.41, 5.74) is 2.19. The number of hydrogen-bond acceptors (Lipinski definition) is 2. The monoisotopic (exact) mass is 258 g/mol. The topological polar surface area (TPSA) is 34.9 Å². The zero-order valence-electron chi connectivity index (χ0n) is 11.8. The van der Waals surface area contributed by atoms with Crippen molar-refractivity contribution in [3.05, 3.63) is 17.5 Å². The standard InChI is InChI=1S/C16H22N2O/c1-3-11-7-12(18(2)17-11)8-13(19)16-14-9-4-5-10(6-9)15(14)16/h7,9-10,14-16H,3-6,8H2,1-2H3. The van der Waals surface area contributed by atoms with E-state index in [9.17, 15) is 4.79 Å². The summed E-state index contributed by atoms with van der Waals surface area (Å²) in [6.07, 6.45) is 5.74. The number of aryl methyl sites for hydroxylation is 2. The molecule has 3 aliphatic carbocycles. The predicted molar refractivity (Wildman–Crippen MR) is 72.6 cm³/mol. The molecule has 0 spiro atoms. The van der Waals surface area contributed by atoms with Crippen molar-refractivity contribution < 1.29 is 4.79 Å². The first-order chi connectivity index (χ1) is 9.19. The van der Waals surface area contributed by atoms with Gasteiger partial charge in [-0.25, -0.2) is 0 Å². The van der Waals surface area contributed by atoms with Crippen LogP contribution in [0.2, 0.25) is 0 Å². The maximum Gasteiger partial charge on any atom is 0.142 e. The van der Waals surface area contributed by atoms with Crippen molar-refractivity contribution in [2.45, 2.75) is 39.0 Å². The fourth-order valence-electron chi connectivity index (χ4n) is 4.96. The van der Waals surface area contributed by atoms with Crippen LogP contribution in [0.15, 0.2) is 6.07 Å². The predicted octanol–water partition coefficient (Wildman–Crippen LogP) is 2.39. The van der Waals surface area contributed by atoms with Crippen LogP contribution in [0.4, 0.5) is 0 Å². The lowest BCUT2D eigenvalue weighted by atomic mass is 9.98. The van der Waals surface area contributed by atoms with Crippen molar-refractivity contribution in [2.75, 3.05) is 0 Å². The third-order valence-electron chi connectivity index (χ3n) is 5.85. The molecule has 1 aromatic rings. The van der Waals surface area contributed by atoms with E-state index in [4.69, 9.17) is 0 Å². The van der Waals surface area contributed by atoms with E-state index in [2.05, 4.69) is 18.1 Å². The molecule has 0 amide bonds. The number of carbonyl (C=O) groups is 1. The molecule has 3 fully saturated rings. The van der Waals surface area contributed by atoms with Crippen LogP contribution < -0.4 is 0 Å². The molecule has 0 aliphatic heterocycles. The molecule has 19 heavy (non-hydrogen) atoms. The molecule has 0 N–H and O–H groups in total. The number of Topliss-reactive ketones (excluding diaryl/α,β-unsaturated/α-hetero) is 1. The van der Waals surface area contributed by atoms with Gasteiger partial charge in [0.1, 0.15) is 5.78 Å². The van der Waals surface area contributed by atoms with Gasteiger partial charge in [-0.05, 0) is 55.4 Å². The highest BCUT2D eigenvalue weighted by molar-refractivity contribution is 5.86. The maximum atomic E-state index is 12.5. The number of ketones is 1. The molecule has 1 heterocycles. The Morgan fingerprint density at radius 1 is 1.37 bits per heavy atom. The van der Waals surface area contributed by atoms with Crippen LogP contribution in [-0.4, -0.2) is 15.6 Å². The highest BCUT2D eigenvalue weighted by Crippen LogP contribution is 2.69. The van der Waals surface area contributed by atoms with Gasteiger partial charge < -0.3 is 0 Å². The molecular weight excluding hydrogens is 236 g/mol. The number of fused-ring (bicyclic) bond motifs is 5. The SMILES string of the molecule is CCc1cc(CC(=O)C2C3C4CCC(C4)C23)n(C)n1. The Labute approximate surface area is 114 Å². The van der Waals surface area contributed by atoms with E-state index in [1.807, 2.05) is 11.7 Å². The fourth-order valence-corrected chi connectivity index (χ4v) is 4.96. The first-order valence-corrected chi connectivity index (χ1v) is 7.73. The zero-order chi connectivity index (χ0) is 13.1. The minimum Gasteiger partial charge on any atom is -0.299 e. The summed E-state index contributed by atoms with van der Waals surface area (Å²) >= 11 is 0. The van der Waals surface area contributed by atoms with Crippen molar-refractivity contribution in [2.24, 2.45) is 36.6 Å². The van der Waals surface area contributed by atoms with E-state index in [1.165, 1.54) is 19.3 Å². The van der Waals surface area contributed by atoms with Gasteiger partial charge in [0.25, 0.3) is 0 Å². The third-order valence-corrected chi connectivity index (χ3v) is 5.85. The summed E-state index contributed by atoms with van der Waals surface area (Å²) < 4.78 is 1.89. The molecule has 1 aromatic heterocycles.